The third kappa shape index (κ3) is 2.76. The van der Waals surface area contributed by atoms with Crippen molar-refractivity contribution >= 4 is 17.2 Å². The quantitative estimate of drug-likeness (QED) is 0.369. The summed E-state index contributed by atoms with van der Waals surface area (Å²) in [5.74, 6) is 2.74. The lowest BCUT2D eigenvalue weighted by molar-refractivity contribution is -0.0468. The van der Waals surface area contributed by atoms with Crippen LogP contribution >= 0.6 is 0 Å². The number of hydrogen-bond donors (Lipinski definition) is 0. The van der Waals surface area contributed by atoms with Crippen LogP contribution in [0.25, 0.3) is 11.4 Å². The number of anilines is 3. The lowest BCUT2D eigenvalue weighted by Gasteiger charge is -2.68. The van der Waals surface area contributed by atoms with Crippen LogP contribution in [0.2, 0.25) is 0 Å². The average Bonchev–Trinajstić information content (AvgIpc) is 3.16. The maximum Gasteiger partial charge on any atom is 0.162 e. The van der Waals surface area contributed by atoms with Gasteiger partial charge < -0.3 is 9.80 Å². The maximum atomic E-state index is 5.41. The minimum Gasteiger partial charge on any atom is -0.349 e. The predicted octanol–water partition coefficient (Wildman–Crippen LogP) is 8.16. The Morgan fingerprint density at radius 2 is 1.58 bits per heavy atom. The Balaban J connectivity index is 1.60. The molecule has 36 heavy (non-hydrogen) atoms. The van der Waals surface area contributed by atoms with Gasteiger partial charge in [-0.25, -0.2) is 9.97 Å². The largest absolute Gasteiger partial charge is 0.349 e. The molecule has 0 saturated heterocycles. The van der Waals surface area contributed by atoms with E-state index in [-0.39, 0.29) is 17.0 Å². The molecular formula is C32H40N4. The summed E-state index contributed by atoms with van der Waals surface area (Å²) < 4.78 is 0. The fraction of sp³-hybridized carbons (Fsp3) is 0.500. The van der Waals surface area contributed by atoms with Crippen LogP contribution in [0.1, 0.15) is 95.8 Å². The van der Waals surface area contributed by atoms with Gasteiger partial charge in [0, 0.05) is 29.1 Å². The fourth-order valence-corrected chi connectivity index (χ4v) is 8.04. The molecule has 0 spiro atoms. The summed E-state index contributed by atoms with van der Waals surface area (Å²) in [6.07, 6.45) is 7.26. The minimum atomic E-state index is 0.213. The van der Waals surface area contributed by atoms with Crippen LogP contribution in [0.4, 0.5) is 17.2 Å². The number of aromatic nitrogens is 2. The predicted molar refractivity (Wildman–Crippen MR) is 150 cm³/mol. The van der Waals surface area contributed by atoms with Gasteiger partial charge in [-0.05, 0) is 60.3 Å². The molecular weight excluding hydrogens is 440 g/mol. The van der Waals surface area contributed by atoms with Gasteiger partial charge in [0.2, 0.25) is 0 Å². The van der Waals surface area contributed by atoms with E-state index in [0.29, 0.717) is 11.8 Å². The van der Waals surface area contributed by atoms with Gasteiger partial charge in [-0.1, -0.05) is 77.9 Å². The Labute approximate surface area is 216 Å². The molecule has 3 aromatic rings. The highest BCUT2D eigenvalue weighted by Gasteiger charge is 2.68. The Kier molecular flexibility index (Phi) is 5.27. The highest BCUT2D eigenvalue weighted by molar-refractivity contribution is 5.86. The van der Waals surface area contributed by atoms with E-state index in [1.54, 1.807) is 0 Å². The second-order valence-corrected chi connectivity index (χ2v) is 11.8. The molecule has 3 unspecified atom stereocenters. The van der Waals surface area contributed by atoms with Gasteiger partial charge in [0.25, 0.3) is 0 Å². The fourth-order valence-electron chi connectivity index (χ4n) is 8.04. The van der Waals surface area contributed by atoms with E-state index in [1.807, 2.05) is 0 Å². The summed E-state index contributed by atoms with van der Waals surface area (Å²) in [6, 6.07) is 15.8. The van der Waals surface area contributed by atoms with Crippen LogP contribution in [0.15, 0.2) is 48.7 Å². The molecule has 2 aliphatic heterocycles. The van der Waals surface area contributed by atoms with Crippen LogP contribution < -0.4 is 9.80 Å². The van der Waals surface area contributed by atoms with E-state index >= 15 is 0 Å². The first-order chi connectivity index (χ1) is 17.3. The standard InChI is InChI=1S/C32H40N4/c1-8-31-17-18-32(31,9-2)30-35(7)26-19-33-28(27-22(20(3)4)13-12-14-23(27)21(5)6)34-29(26)36(30)25-16-11-10-15-24(25)31/h10-16,19-21,30H,8-9,17-18H2,1-7H3. The van der Waals surface area contributed by atoms with Crippen molar-refractivity contribution in [1.82, 2.24) is 9.97 Å². The summed E-state index contributed by atoms with van der Waals surface area (Å²) in [5.41, 5.74) is 8.34. The molecule has 4 nitrogen and oxygen atoms in total. The van der Waals surface area contributed by atoms with Crippen molar-refractivity contribution in [2.24, 2.45) is 5.41 Å². The molecule has 6 rings (SSSR count). The second-order valence-electron chi connectivity index (χ2n) is 11.8. The molecule has 1 fully saturated rings. The van der Waals surface area contributed by atoms with Gasteiger partial charge in [-0.2, -0.15) is 0 Å². The molecule has 4 heteroatoms. The normalized spacial score (nSPS) is 26.0. The maximum absolute atomic E-state index is 5.41. The number of nitrogens with zero attached hydrogens (tertiary/aromatic N) is 4. The zero-order valence-electron chi connectivity index (χ0n) is 23.0. The molecule has 1 aromatic heterocycles. The molecule has 0 amide bonds. The SMILES string of the molecule is CCC12CCC1(CC)C1N(C)c3cnc(-c4c(C(C)C)cccc4C(C)C)nc3N1c1ccccc12. The lowest BCUT2D eigenvalue weighted by Crippen LogP contribution is -2.69. The van der Waals surface area contributed by atoms with Crippen LogP contribution in [0.3, 0.4) is 0 Å². The number of fused-ring (bicyclic) bond motifs is 8. The molecule has 1 aliphatic carbocycles. The molecule has 3 aliphatic rings. The Morgan fingerprint density at radius 3 is 2.17 bits per heavy atom. The number of benzene rings is 2. The van der Waals surface area contributed by atoms with Crippen molar-refractivity contribution in [3.63, 3.8) is 0 Å². The smallest absolute Gasteiger partial charge is 0.162 e. The first-order valence-corrected chi connectivity index (χ1v) is 13.9. The summed E-state index contributed by atoms with van der Waals surface area (Å²) >= 11 is 0. The Morgan fingerprint density at radius 1 is 0.889 bits per heavy atom. The molecule has 3 atom stereocenters. The minimum absolute atomic E-state index is 0.213. The van der Waals surface area contributed by atoms with Crippen LogP contribution in [0, 0.1) is 5.41 Å². The molecule has 0 radical (unpaired) electrons. The summed E-state index contributed by atoms with van der Waals surface area (Å²) in [5, 5.41) is 0. The van der Waals surface area contributed by atoms with Crippen molar-refractivity contribution < 1.29 is 0 Å². The van der Waals surface area contributed by atoms with E-state index in [4.69, 9.17) is 9.97 Å². The molecule has 0 bridgehead atoms. The van der Waals surface area contributed by atoms with Crippen LogP contribution in [0.5, 0.6) is 0 Å². The lowest BCUT2D eigenvalue weighted by atomic mass is 9.42. The zero-order chi connectivity index (χ0) is 25.4. The molecule has 2 aromatic carbocycles. The van der Waals surface area contributed by atoms with Crippen LogP contribution in [-0.2, 0) is 5.41 Å². The first kappa shape index (κ1) is 23.5. The highest BCUT2D eigenvalue weighted by atomic mass is 15.5. The van der Waals surface area contributed by atoms with Crippen molar-refractivity contribution in [1.29, 1.82) is 0 Å². The molecule has 0 N–H and O–H groups in total. The van der Waals surface area contributed by atoms with Crippen molar-refractivity contribution in [3.05, 3.63) is 65.4 Å². The van der Waals surface area contributed by atoms with Crippen molar-refractivity contribution in [2.45, 2.75) is 90.6 Å². The van der Waals surface area contributed by atoms with Gasteiger partial charge >= 0.3 is 0 Å². The van der Waals surface area contributed by atoms with Crippen molar-refractivity contribution in [3.8, 4) is 11.4 Å². The van der Waals surface area contributed by atoms with Gasteiger partial charge in [0.05, 0.1) is 6.20 Å². The average molecular weight is 481 g/mol. The van der Waals surface area contributed by atoms with E-state index in [9.17, 15) is 0 Å². The monoisotopic (exact) mass is 480 g/mol. The zero-order valence-corrected chi connectivity index (χ0v) is 23.0. The van der Waals surface area contributed by atoms with Gasteiger partial charge in [0.1, 0.15) is 11.9 Å². The van der Waals surface area contributed by atoms with E-state index in [1.165, 1.54) is 53.6 Å². The highest BCUT2D eigenvalue weighted by Crippen LogP contribution is 2.71. The summed E-state index contributed by atoms with van der Waals surface area (Å²) in [6.45, 7) is 13.9. The topological polar surface area (TPSA) is 32.3 Å². The molecule has 3 heterocycles. The number of para-hydroxylation sites is 1. The van der Waals surface area contributed by atoms with E-state index < -0.39 is 0 Å². The van der Waals surface area contributed by atoms with Gasteiger partial charge in [-0.15, -0.1) is 0 Å². The van der Waals surface area contributed by atoms with E-state index in [0.717, 1.165) is 17.3 Å². The summed E-state index contributed by atoms with van der Waals surface area (Å²) in [7, 11) is 2.26. The summed E-state index contributed by atoms with van der Waals surface area (Å²) in [4.78, 5) is 15.5. The first-order valence-electron chi connectivity index (χ1n) is 13.9. The second kappa shape index (κ2) is 8.06. The number of rotatable bonds is 5. The van der Waals surface area contributed by atoms with Crippen LogP contribution in [-0.4, -0.2) is 23.2 Å². The third-order valence-corrected chi connectivity index (χ3v) is 9.92. The van der Waals surface area contributed by atoms with Crippen molar-refractivity contribution in [2.75, 3.05) is 16.8 Å². The Hall–Kier alpha value is -2.88. The molecule has 188 valence electrons. The van der Waals surface area contributed by atoms with Gasteiger partial charge in [-0.3, -0.25) is 0 Å². The van der Waals surface area contributed by atoms with Gasteiger partial charge in [0.15, 0.2) is 11.6 Å². The Bertz CT molecular complexity index is 1290. The van der Waals surface area contributed by atoms with E-state index in [2.05, 4.69) is 107 Å². The number of hydrogen-bond acceptors (Lipinski definition) is 4. The molecule has 1 saturated carbocycles. The third-order valence-electron chi connectivity index (χ3n) is 9.92.